The van der Waals surface area contributed by atoms with Crippen molar-refractivity contribution < 1.29 is 19.1 Å². The molecule has 3 rings (SSSR count). The lowest BCUT2D eigenvalue weighted by Crippen LogP contribution is -2.23. The Labute approximate surface area is 247 Å². The van der Waals surface area contributed by atoms with Gasteiger partial charge in [0.25, 0.3) is 0 Å². The third-order valence-corrected chi connectivity index (χ3v) is 8.81. The molecule has 0 bridgehead atoms. The first-order valence-electron chi connectivity index (χ1n) is 13.6. The third-order valence-electron chi connectivity index (χ3n) is 7.83. The molecule has 0 aromatic heterocycles. The number of carbonyl (C=O) groups excluding carboxylic acids is 2. The highest BCUT2D eigenvalue weighted by Gasteiger charge is 2.28. The van der Waals surface area contributed by atoms with Gasteiger partial charge < -0.3 is 9.47 Å². The molecule has 4 nitrogen and oxygen atoms in total. The van der Waals surface area contributed by atoms with Crippen molar-refractivity contribution in [2.75, 3.05) is 0 Å². The van der Waals surface area contributed by atoms with E-state index in [-0.39, 0.29) is 14.8 Å². The van der Waals surface area contributed by atoms with E-state index < -0.39 is 11.4 Å². The fourth-order valence-electron chi connectivity index (χ4n) is 4.24. The van der Waals surface area contributed by atoms with E-state index in [2.05, 4.69) is 81.5 Å². The lowest BCUT2D eigenvalue weighted by molar-refractivity contribution is 0.0732. The molecule has 3 aromatic carbocycles. The molecular formula is C34H41IO4. The summed E-state index contributed by atoms with van der Waals surface area (Å²) in [5, 5.41) is 0. The minimum absolute atomic E-state index is 0.0702. The van der Waals surface area contributed by atoms with E-state index in [1.165, 1.54) is 5.56 Å². The molecule has 3 aromatic rings. The van der Waals surface area contributed by atoms with Crippen LogP contribution in [0.2, 0.25) is 0 Å². The average Bonchev–Trinajstić information content (AvgIpc) is 2.90. The van der Waals surface area contributed by atoms with Crippen LogP contribution in [0.25, 0.3) is 0 Å². The summed E-state index contributed by atoms with van der Waals surface area (Å²) in [6.45, 7) is 18.5. The van der Waals surface area contributed by atoms with Crippen molar-refractivity contribution in [3.63, 3.8) is 0 Å². The first-order chi connectivity index (χ1) is 18.1. The molecule has 0 heterocycles. The zero-order chi connectivity index (χ0) is 29.2. The maximum Gasteiger partial charge on any atom is 0.343 e. The first kappa shape index (κ1) is 30.9. The molecule has 0 radical (unpaired) electrons. The second-order valence-electron chi connectivity index (χ2n) is 11.7. The quantitative estimate of drug-likeness (QED) is 0.0729. The highest BCUT2D eigenvalue weighted by molar-refractivity contribution is 14.1. The van der Waals surface area contributed by atoms with Crippen molar-refractivity contribution in [3.05, 3.63) is 94.0 Å². The predicted octanol–water partition coefficient (Wildman–Crippen LogP) is 9.41. The van der Waals surface area contributed by atoms with Gasteiger partial charge in [0.15, 0.2) is 9.39 Å². The third kappa shape index (κ3) is 7.10. The fourth-order valence-corrected chi connectivity index (χ4v) is 4.48. The van der Waals surface area contributed by atoms with Crippen LogP contribution >= 0.6 is 22.6 Å². The lowest BCUT2D eigenvalue weighted by atomic mass is 9.77. The van der Waals surface area contributed by atoms with Gasteiger partial charge in [0.2, 0.25) is 0 Å². The van der Waals surface area contributed by atoms with Crippen LogP contribution in [0.3, 0.4) is 0 Å². The maximum atomic E-state index is 12.9. The molecule has 0 spiro atoms. The van der Waals surface area contributed by atoms with Gasteiger partial charge in [-0.25, -0.2) is 4.79 Å². The molecule has 0 aliphatic rings. The Morgan fingerprint density at radius 3 is 1.67 bits per heavy atom. The molecule has 39 heavy (non-hydrogen) atoms. The number of ether oxygens (including phenoxy) is 2. The molecule has 0 aliphatic carbocycles. The second kappa shape index (κ2) is 11.8. The van der Waals surface area contributed by atoms with E-state index in [0.717, 1.165) is 35.3 Å². The molecular weight excluding hydrogens is 599 g/mol. The number of alkyl halides is 1. The van der Waals surface area contributed by atoms with Crippen molar-refractivity contribution in [2.24, 2.45) is 5.41 Å². The normalized spacial score (nSPS) is 13.5. The second-order valence-corrected chi connectivity index (χ2v) is 14.0. The van der Waals surface area contributed by atoms with E-state index in [4.69, 9.17) is 9.47 Å². The summed E-state index contributed by atoms with van der Waals surface area (Å²) in [5.41, 5.74) is 4.61. The molecule has 0 saturated carbocycles. The Kier molecular flexibility index (Phi) is 9.36. The molecule has 5 heteroatoms. The summed E-state index contributed by atoms with van der Waals surface area (Å²) >= 11 is 2.35. The Bertz CT molecular complexity index is 1350. The van der Waals surface area contributed by atoms with Gasteiger partial charge in [-0.05, 0) is 103 Å². The van der Waals surface area contributed by atoms with E-state index in [0.29, 0.717) is 16.9 Å². The fraction of sp³-hybridized carbons (Fsp3) is 0.412. The van der Waals surface area contributed by atoms with Crippen LogP contribution in [0.4, 0.5) is 0 Å². The van der Waals surface area contributed by atoms with Crippen LogP contribution in [-0.2, 0) is 5.41 Å². The summed E-state index contributed by atoms with van der Waals surface area (Å²) in [4.78, 5) is 25.6. The number of esters is 1. The van der Waals surface area contributed by atoms with Crippen molar-refractivity contribution in [1.82, 2.24) is 0 Å². The van der Waals surface area contributed by atoms with Crippen LogP contribution in [-0.4, -0.2) is 15.4 Å². The van der Waals surface area contributed by atoms with Crippen molar-refractivity contribution in [2.45, 2.75) is 84.2 Å². The standard InChI is InChI=1S/C34H41IO4/c1-10-32(5,6)30(36)24-12-14-25(15-13-24)31(37)38-28-18-16-26(20-22(28)3)33(7,8)27-17-19-29(23(4)21-27)39-34(9,35)11-2/h12-21H,10-11H2,1-9H3. The Morgan fingerprint density at radius 2 is 1.21 bits per heavy atom. The molecule has 208 valence electrons. The zero-order valence-corrected chi connectivity index (χ0v) is 26.9. The largest absolute Gasteiger partial charge is 0.477 e. The van der Waals surface area contributed by atoms with Gasteiger partial charge >= 0.3 is 5.97 Å². The number of hydrogen-bond donors (Lipinski definition) is 0. The van der Waals surface area contributed by atoms with E-state index in [1.54, 1.807) is 24.3 Å². The van der Waals surface area contributed by atoms with E-state index in [1.807, 2.05) is 39.8 Å². The number of Topliss-reactive ketones (excluding diaryl/α,β-unsaturated/α-hetero) is 1. The van der Waals surface area contributed by atoms with Crippen molar-refractivity contribution >= 4 is 34.3 Å². The average molecular weight is 641 g/mol. The molecule has 1 unspecified atom stereocenters. The Morgan fingerprint density at radius 1 is 0.718 bits per heavy atom. The van der Waals surface area contributed by atoms with Gasteiger partial charge in [0.05, 0.1) is 5.56 Å². The smallest absolute Gasteiger partial charge is 0.343 e. The number of carbonyl (C=O) groups is 2. The van der Waals surface area contributed by atoms with Gasteiger partial charge in [0, 0.05) is 16.4 Å². The Balaban J connectivity index is 1.77. The summed E-state index contributed by atoms with van der Waals surface area (Å²) in [6.07, 6.45) is 1.66. The van der Waals surface area contributed by atoms with Crippen LogP contribution in [0.5, 0.6) is 11.5 Å². The summed E-state index contributed by atoms with van der Waals surface area (Å²) in [6, 6.07) is 19.1. The number of halogens is 1. The highest BCUT2D eigenvalue weighted by Crippen LogP contribution is 2.37. The van der Waals surface area contributed by atoms with Crippen molar-refractivity contribution in [1.29, 1.82) is 0 Å². The van der Waals surface area contributed by atoms with E-state index in [9.17, 15) is 9.59 Å². The van der Waals surface area contributed by atoms with Crippen molar-refractivity contribution in [3.8, 4) is 11.5 Å². The molecule has 0 N–H and O–H groups in total. The summed E-state index contributed by atoms with van der Waals surface area (Å²) in [5.74, 6) is 1.05. The van der Waals surface area contributed by atoms with Crippen LogP contribution in [0, 0.1) is 19.3 Å². The molecule has 0 fully saturated rings. The molecule has 0 aliphatic heterocycles. The number of aryl methyl sites for hydroxylation is 2. The van der Waals surface area contributed by atoms with Gasteiger partial charge in [0.1, 0.15) is 11.5 Å². The predicted molar refractivity (Wildman–Crippen MR) is 168 cm³/mol. The van der Waals surface area contributed by atoms with E-state index >= 15 is 0 Å². The maximum absolute atomic E-state index is 12.9. The summed E-state index contributed by atoms with van der Waals surface area (Å²) in [7, 11) is 0. The zero-order valence-electron chi connectivity index (χ0n) is 24.7. The minimum Gasteiger partial charge on any atom is -0.477 e. The number of rotatable bonds is 10. The number of benzene rings is 3. The minimum atomic E-state index is -0.445. The number of ketones is 1. The first-order valence-corrected chi connectivity index (χ1v) is 14.7. The Hall–Kier alpha value is -2.67. The van der Waals surface area contributed by atoms with Crippen LogP contribution in [0.15, 0.2) is 60.7 Å². The summed E-state index contributed by atoms with van der Waals surface area (Å²) < 4.78 is 11.7. The molecule has 1 atom stereocenters. The number of hydrogen-bond acceptors (Lipinski definition) is 4. The monoisotopic (exact) mass is 640 g/mol. The van der Waals surface area contributed by atoms with Gasteiger partial charge in [-0.15, -0.1) is 0 Å². The van der Waals surface area contributed by atoms with Crippen LogP contribution in [0.1, 0.15) is 104 Å². The highest BCUT2D eigenvalue weighted by atomic mass is 127. The van der Waals surface area contributed by atoms with Gasteiger partial charge in [-0.2, -0.15) is 0 Å². The van der Waals surface area contributed by atoms with Crippen LogP contribution < -0.4 is 9.47 Å². The SMILES string of the molecule is CCC(C)(I)Oc1ccc(C(C)(C)c2ccc(OC(=O)c3ccc(C(=O)C(C)(C)CC)cc3)c(C)c2)cc1C. The topological polar surface area (TPSA) is 52.6 Å². The molecule has 0 amide bonds. The van der Waals surface area contributed by atoms with Gasteiger partial charge in [-0.1, -0.05) is 77.9 Å². The lowest BCUT2D eigenvalue weighted by Gasteiger charge is -2.29. The van der Waals surface area contributed by atoms with Gasteiger partial charge in [-0.3, -0.25) is 4.79 Å². The molecule has 0 saturated heterocycles.